The SMILES string of the molecule is CCNCc1cc(Br)cnc1OCCC(C)(C)C. The Balaban J connectivity index is 2.63. The fourth-order valence-electron chi connectivity index (χ4n) is 1.44. The van der Waals surface area contributed by atoms with E-state index in [1.165, 1.54) is 0 Å². The molecule has 102 valence electrons. The summed E-state index contributed by atoms with van der Waals surface area (Å²) in [6.07, 6.45) is 2.80. The zero-order valence-corrected chi connectivity index (χ0v) is 13.3. The first-order valence-electron chi connectivity index (χ1n) is 6.40. The standard InChI is InChI=1S/C14H23BrN2O/c1-5-16-9-11-8-12(15)10-17-13(11)18-7-6-14(2,3)4/h8,10,16H,5-7,9H2,1-4H3. The van der Waals surface area contributed by atoms with Crippen LogP contribution >= 0.6 is 15.9 Å². The highest BCUT2D eigenvalue weighted by molar-refractivity contribution is 9.10. The molecule has 1 rings (SSSR count). The monoisotopic (exact) mass is 314 g/mol. The Bertz CT molecular complexity index is 375. The molecule has 0 bridgehead atoms. The van der Waals surface area contributed by atoms with E-state index in [0.717, 1.165) is 35.4 Å². The minimum Gasteiger partial charge on any atom is -0.477 e. The van der Waals surface area contributed by atoms with Crippen LogP contribution in [0.1, 0.15) is 39.7 Å². The van der Waals surface area contributed by atoms with Gasteiger partial charge in [-0.3, -0.25) is 0 Å². The number of halogens is 1. The highest BCUT2D eigenvalue weighted by Gasteiger charge is 2.12. The summed E-state index contributed by atoms with van der Waals surface area (Å²) in [5, 5.41) is 3.30. The molecule has 18 heavy (non-hydrogen) atoms. The van der Waals surface area contributed by atoms with Crippen LogP contribution < -0.4 is 10.1 Å². The van der Waals surface area contributed by atoms with Crippen LogP contribution in [-0.2, 0) is 6.54 Å². The lowest BCUT2D eigenvalue weighted by Crippen LogP contribution is -2.15. The molecule has 1 N–H and O–H groups in total. The molecule has 0 saturated carbocycles. The van der Waals surface area contributed by atoms with E-state index in [4.69, 9.17) is 4.74 Å². The first kappa shape index (κ1) is 15.4. The van der Waals surface area contributed by atoms with Crippen molar-refractivity contribution in [2.45, 2.75) is 40.7 Å². The molecular formula is C14H23BrN2O. The molecule has 0 aromatic carbocycles. The van der Waals surface area contributed by atoms with Gasteiger partial charge in [-0.05, 0) is 40.4 Å². The third-order valence-electron chi connectivity index (χ3n) is 2.55. The zero-order valence-electron chi connectivity index (χ0n) is 11.7. The molecule has 1 aromatic rings. The van der Waals surface area contributed by atoms with E-state index in [-0.39, 0.29) is 5.41 Å². The summed E-state index contributed by atoms with van der Waals surface area (Å²) in [5.74, 6) is 0.739. The normalized spacial score (nSPS) is 11.6. The van der Waals surface area contributed by atoms with E-state index in [1.54, 1.807) is 6.20 Å². The lowest BCUT2D eigenvalue weighted by Gasteiger charge is -2.18. The molecule has 0 spiro atoms. The minimum atomic E-state index is 0.289. The van der Waals surface area contributed by atoms with Crippen molar-refractivity contribution in [1.82, 2.24) is 10.3 Å². The van der Waals surface area contributed by atoms with E-state index in [9.17, 15) is 0 Å². The fourth-order valence-corrected chi connectivity index (χ4v) is 1.82. The number of hydrogen-bond acceptors (Lipinski definition) is 3. The molecule has 0 unspecified atom stereocenters. The zero-order chi connectivity index (χ0) is 13.6. The van der Waals surface area contributed by atoms with Gasteiger partial charge in [-0.2, -0.15) is 0 Å². The van der Waals surface area contributed by atoms with Gasteiger partial charge < -0.3 is 10.1 Å². The summed E-state index contributed by atoms with van der Waals surface area (Å²) in [6, 6.07) is 2.06. The molecule has 0 aliphatic heterocycles. The van der Waals surface area contributed by atoms with Gasteiger partial charge in [0.25, 0.3) is 0 Å². The maximum absolute atomic E-state index is 5.79. The van der Waals surface area contributed by atoms with Gasteiger partial charge in [0.15, 0.2) is 0 Å². The van der Waals surface area contributed by atoms with Gasteiger partial charge in [-0.15, -0.1) is 0 Å². The molecule has 0 atom stereocenters. The van der Waals surface area contributed by atoms with Gasteiger partial charge in [0, 0.05) is 22.8 Å². The van der Waals surface area contributed by atoms with E-state index in [0.29, 0.717) is 6.61 Å². The van der Waals surface area contributed by atoms with Gasteiger partial charge >= 0.3 is 0 Å². The van der Waals surface area contributed by atoms with Gasteiger partial charge in [0.2, 0.25) is 5.88 Å². The molecule has 0 aliphatic rings. The maximum Gasteiger partial charge on any atom is 0.217 e. The van der Waals surface area contributed by atoms with Crippen molar-refractivity contribution in [3.05, 3.63) is 22.3 Å². The van der Waals surface area contributed by atoms with Crippen LogP contribution in [0.15, 0.2) is 16.7 Å². The average Bonchev–Trinajstić information content (AvgIpc) is 2.27. The van der Waals surface area contributed by atoms with Crippen molar-refractivity contribution in [3.8, 4) is 5.88 Å². The van der Waals surface area contributed by atoms with Crippen molar-refractivity contribution >= 4 is 15.9 Å². The Morgan fingerprint density at radius 3 is 2.72 bits per heavy atom. The van der Waals surface area contributed by atoms with Crippen molar-refractivity contribution < 1.29 is 4.74 Å². The van der Waals surface area contributed by atoms with Crippen molar-refractivity contribution in [2.24, 2.45) is 5.41 Å². The summed E-state index contributed by atoms with van der Waals surface area (Å²) in [4.78, 5) is 4.34. The maximum atomic E-state index is 5.79. The molecule has 0 amide bonds. The molecule has 4 heteroatoms. The number of rotatable bonds is 6. The van der Waals surface area contributed by atoms with Crippen LogP contribution in [-0.4, -0.2) is 18.1 Å². The van der Waals surface area contributed by atoms with Gasteiger partial charge in [-0.1, -0.05) is 27.7 Å². The molecule has 1 aromatic heterocycles. The van der Waals surface area contributed by atoms with Crippen LogP contribution in [0.25, 0.3) is 0 Å². The smallest absolute Gasteiger partial charge is 0.217 e. The summed E-state index contributed by atoms with van der Waals surface area (Å²) in [7, 11) is 0. The second-order valence-electron chi connectivity index (χ2n) is 5.56. The highest BCUT2D eigenvalue weighted by Crippen LogP contribution is 2.22. The first-order chi connectivity index (χ1) is 8.42. The van der Waals surface area contributed by atoms with Crippen LogP contribution in [0.3, 0.4) is 0 Å². The topological polar surface area (TPSA) is 34.2 Å². The fraction of sp³-hybridized carbons (Fsp3) is 0.643. The summed E-state index contributed by atoms with van der Waals surface area (Å²) in [6.45, 7) is 11.2. The van der Waals surface area contributed by atoms with Crippen LogP contribution in [0.2, 0.25) is 0 Å². The van der Waals surface area contributed by atoms with E-state index >= 15 is 0 Å². The Morgan fingerprint density at radius 1 is 1.39 bits per heavy atom. The Morgan fingerprint density at radius 2 is 2.11 bits per heavy atom. The Kier molecular flexibility index (Phi) is 6.09. The molecule has 3 nitrogen and oxygen atoms in total. The quantitative estimate of drug-likeness (QED) is 0.868. The average molecular weight is 315 g/mol. The largest absolute Gasteiger partial charge is 0.477 e. The molecule has 0 saturated heterocycles. The summed E-state index contributed by atoms with van der Waals surface area (Å²) in [5.41, 5.74) is 1.39. The van der Waals surface area contributed by atoms with Crippen LogP contribution in [0.4, 0.5) is 0 Å². The van der Waals surface area contributed by atoms with E-state index in [2.05, 4.69) is 60.0 Å². The van der Waals surface area contributed by atoms with Gasteiger partial charge in [0.05, 0.1) is 6.61 Å². The van der Waals surface area contributed by atoms with E-state index in [1.807, 2.05) is 0 Å². The number of aromatic nitrogens is 1. The predicted molar refractivity (Wildman–Crippen MR) is 78.9 cm³/mol. The molecule has 1 heterocycles. The second-order valence-corrected chi connectivity index (χ2v) is 6.47. The molecule has 0 aliphatic carbocycles. The van der Waals surface area contributed by atoms with Crippen molar-refractivity contribution in [3.63, 3.8) is 0 Å². The highest BCUT2D eigenvalue weighted by atomic mass is 79.9. The van der Waals surface area contributed by atoms with Crippen LogP contribution in [0, 0.1) is 5.41 Å². The minimum absolute atomic E-state index is 0.289. The second kappa shape index (κ2) is 7.10. The third kappa shape index (κ3) is 5.83. The van der Waals surface area contributed by atoms with Crippen LogP contribution in [0.5, 0.6) is 5.88 Å². The van der Waals surface area contributed by atoms with Crippen molar-refractivity contribution in [1.29, 1.82) is 0 Å². The predicted octanol–water partition coefficient (Wildman–Crippen LogP) is 3.77. The molecule has 0 fully saturated rings. The van der Waals surface area contributed by atoms with E-state index < -0.39 is 0 Å². The van der Waals surface area contributed by atoms with Gasteiger partial charge in [-0.25, -0.2) is 4.98 Å². The summed E-state index contributed by atoms with van der Waals surface area (Å²) < 4.78 is 6.78. The van der Waals surface area contributed by atoms with Gasteiger partial charge in [0.1, 0.15) is 0 Å². The Hall–Kier alpha value is -0.610. The number of hydrogen-bond donors (Lipinski definition) is 1. The lowest BCUT2D eigenvalue weighted by molar-refractivity contribution is 0.234. The number of ether oxygens (including phenoxy) is 1. The molecular weight excluding hydrogens is 292 g/mol. The number of nitrogens with zero attached hydrogens (tertiary/aromatic N) is 1. The lowest BCUT2D eigenvalue weighted by atomic mass is 9.93. The first-order valence-corrected chi connectivity index (χ1v) is 7.19. The third-order valence-corrected chi connectivity index (χ3v) is 2.98. The van der Waals surface area contributed by atoms with Crippen molar-refractivity contribution in [2.75, 3.05) is 13.2 Å². The number of pyridine rings is 1. The summed E-state index contributed by atoms with van der Waals surface area (Å²) >= 11 is 3.44. The number of nitrogens with one attached hydrogen (secondary N) is 1. The Labute approximate surface area is 118 Å². The molecule has 0 radical (unpaired) electrons.